The molecule has 0 spiro atoms. The predicted molar refractivity (Wildman–Crippen MR) is 71.8 cm³/mol. The number of carbonyl (C=O) groups is 1. The summed E-state index contributed by atoms with van der Waals surface area (Å²) in [6, 6.07) is 4.58. The van der Waals surface area contributed by atoms with E-state index >= 15 is 0 Å². The van der Waals surface area contributed by atoms with Gasteiger partial charge in [0.1, 0.15) is 0 Å². The summed E-state index contributed by atoms with van der Waals surface area (Å²) in [7, 11) is 0. The normalized spacial score (nSPS) is 14.7. The number of nitrogens with one attached hydrogen (secondary N) is 2. The van der Waals surface area contributed by atoms with Gasteiger partial charge in [-0.2, -0.15) is 0 Å². The smallest absolute Gasteiger partial charge is 0.323 e. The highest BCUT2D eigenvalue weighted by Crippen LogP contribution is 2.27. The Balaban J connectivity index is 2.42. The summed E-state index contributed by atoms with van der Waals surface area (Å²) >= 11 is 0. The zero-order chi connectivity index (χ0) is 14.2. The van der Waals surface area contributed by atoms with Gasteiger partial charge in [-0.1, -0.05) is 19.9 Å². The van der Waals surface area contributed by atoms with Gasteiger partial charge < -0.3 is 20.8 Å². The number of hydrogen-bond donors (Lipinski definition) is 4. The van der Waals surface area contributed by atoms with Gasteiger partial charge >= 0.3 is 11.7 Å². The van der Waals surface area contributed by atoms with Crippen LogP contribution in [0.5, 0.6) is 0 Å². The van der Waals surface area contributed by atoms with E-state index < -0.39 is 17.9 Å². The third kappa shape index (κ3) is 2.53. The summed E-state index contributed by atoms with van der Waals surface area (Å²) in [5.41, 5.74) is 7.77. The molecule has 0 saturated carbocycles. The summed E-state index contributed by atoms with van der Waals surface area (Å²) in [6.07, 6.45) is 0. The summed E-state index contributed by atoms with van der Waals surface area (Å²) in [4.78, 5) is 27.7. The van der Waals surface area contributed by atoms with E-state index in [1.165, 1.54) is 0 Å². The van der Waals surface area contributed by atoms with Gasteiger partial charge in [-0.25, -0.2) is 4.79 Å². The molecule has 0 aliphatic carbocycles. The Bertz CT molecular complexity index is 656. The minimum absolute atomic E-state index is 0.0755. The van der Waals surface area contributed by atoms with Crippen LogP contribution in [0.4, 0.5) is 0 Å². The van der Waals surface area contributed by atoms with Crippen molar-refractivity contribution in [3.05, 3.63) is 34.2 Å². The predicted octanol–water partition coefficient (Wildman–Crippen LogP) is 1.21. The summed E-state index contributed by atoms with van der Waals surface area (Å²) in [5.74, 6) is -1.65. The highest BCUT2D eigenvalue weighted by atomic mass is 16.4. The van der Waals surface area contributed by atoms with Crippen LogP contribution in [0.25, 0.3) is 11.0 Å². The topological polar surface area (TPSA) is 112 Å². The fraction of sp³-hybridized carbons (Fsp3) is 0.385. The summed E-state index contributed by atoms with van der Waals surface area (Å²) in [5, 5.41) is 9.25. The van der Waals surface area contributed by atoms with Crippen LogP contribution in [-0.4, -0.2) is 21.0 Å². The molecule has 2 aromatic rings. The fourth-order valence-corrected chi connectivity index (χ4v) is 2.32. The lowest BCUT2D eigenvalue weighted by Gasteiger charge is -2.23. The SMILES string of the molecule is CC(C)C(C(=O)O)C(N)c1ccc2[nH]c(=O)[nH]c2c1. The molecule has 2 atom stereocenters. The summed E-state index contributed by atoms with van der Waals surface area (Å²) < 4.78 is 0. The lowest BCUT2D eigenvalue weighted by molar-refractivity contribution is -0.144. The first-order valence-electron chi connectivity index (χ1n) is 6.10. The Morgan fingerprint density at radius 2 is 1.89 bits per heavy atom. The first-order valence-corrected chi connectivity index (χ1v) is 6.10. The Labute approximate surface area is 109 Å². The lowest BCUT2D eigenvalue weighted by Crippen LogP contribution is -2.32. The molecule has 5 N–H and O–H groups in total. The minimum atomic E-state index is -0.912. The summed E-state index contributed by atoms with van der Waals surface area (Å²) in [6.45, 7) is 3.66. The van der Waals surface area contributed by atoms with Crippen molar-refractivity contribution in [2.24, 2.45) is 17.6 Å². The van der Waals surface area contributed by atoms with Crippen LogP contribution >= 0.6 is 0 Å². The third-order valence-electron chi connectivity index (χ3n) is 3.32. The highest BCUT2D eigenvalue weighted by Gasteiger charge is 2.29. The molecule has 0 fully saturated rings. The van der Waals surface area contributed by atoms with Crippen molar-refractivity contribution >= 4 is 17.0 Å². The van der Waals surface area contributed by atoms with E-state index in [0.29, 0.717) is 16.6 Å². The minimum Gasteiger partial charge on any atom is -0.481 e. The van der Waals surface area contributed by atoms with E-state index in [-0.39, 0.29) is 11.6 Å². The molecule has 6 heteroatoms. The Kier molecular flexibility index (Phi) is 3.44. The van der Waals surface area contributed by atoms with Crippen molar-refractivity contribution in [1.82, 2.24) is 9.97 Å². The van der Waals surface area contributed by atoms with Gasteiger partial charge in [0.15, 0.2) is 0 Å². The molecule has 2 rings (SSSR count). The molecule has 1 aromatic heterocycles. The van der Waals surface area contributed by atoms with Gasteiger partial charge in [0, 0.05) is 6.04 Å². The molecule has 102 valence electrons. The quantitative estimate of drug-likeness (QED) is 0.664. The Morgan fingerprint density at radius 1 is 1.26 bits per heavy atom. The van der Waals surface area contributed by atoms with Crippen LogP contribution in [0.1, 0.15) is 25.5 Å². The highest BCUT2D eigenvalue weighted by molar-refractivity contribution is 5.76. The lowest BCUT2D eigenvalue weighted by atomic mass is 9.85. The van der Waals surface area contributed by atoms with Crippen molar-refractivity contribution in [1.29, 1.82) is 0 Å². The van der Waals surface area contributed by atoms with Crippen LogP contribution in [0.15, 0.2) is 23.0 Å². The maximum atomic E-state index is 11.3. The molecule has 0 bridgehead atoms. The molecule has 1 aromatic carbocycles. The van der Waals surface area contributed by atoms with E-state index in [1.807, 2.05) is 13.8 Å². The monoisotopic (exact) mass is 263 g/mol. The molecule has 2 unspecified atom stereocenters. The van der Waals surface area contributed by atoms with Crippen molar-refractivity contribution in [2.75, 3.05) is 0 Å². The third-order valence-corrected chi connectivity index (χ3v) is 3.32. The van der Waals surface area contributed by atoms with Gasteiger partial charge in [-0.3, -0.25) is 4.79 Å². The maximum Gasteiger partial charge on any atom is 0.323 e. The second-order valence-electron chi connectivity index (χ2n) is 5.02. The number of benzene rings is 1. The molecule has 1 heterocycles. The standard InChI is InChI=1S/C13H17N3O3/c1-6(2)10(12(17)18)11(14)7-3-4-8-9(5-7)16-13(19)15-8/h3-6,10-11H,14H2,1-2H3,(H,17,18)(H2,15,16,19). The Morgan fingerprint density at radius 3 is 2.47 bits per heavy atom. The molecule has 0 amide bonds. The number of hydrogen-bond acceptors (Lipinski definition) is 3. The van der Waals surface area contributed by atoms with Gasteiger partial charge in [-0.15, -0.1) is 0 Å². The number of nitrogens with two attached hydrogens (primary N) is 1. The largest absolute Gasteiger partial charge is 0.481 e. The van der Waals surface area contributed by atoms with E-state index in [0.717, 1.165) is 0 Å². The second kappa shape index (κ2) is 4.89. The van der Waals surface area contributed by atoms with Gasteiger partial charge in [-0.05, 0) is 23.6 Å². The Hall–Kier alpha value is -2.08. The zero-order valence-electron chi connectivity index (χ0n) is 10.8. The number of rotatable bonds is 4. The molecule has 6 nitrogen and oxygen atoms in total. The van der Waals surface area contributed by atoms with E-state index in [9.17, 15) is 14.7 Å². The number of aromatic amines is 2. The molecule has 19 heavy (non-hydrogen) atoms. The number of carboxylic acid groups (broad SMARTS) is 1. The number of imidazole rings is 1. The van der Waals surface area contributed by atoms with Gasteiger partial charge in [0.25, 0.3) is 0 Å². The molecular weight excluding hydrogens is 246 g/mol. The van der Waals surface area contributed by atoms with E-state index in [4.69, 9.17) is 5.73 Å². The average Bonchev–Trinajstić information content (AvgIpc) is 2.66. The van der Waals surface area contributed by atoms with E-state index in [1.54, 1.807) is 18.2 Å². The average molecular weight is 263 g/mol. The van der Waals surface area contributed by atoms with Crippen LogP contribution < -0.4 is 11.4 Å². The molecule has 0 aliphatic rings. The van der Waals surface area contributed by atoms with Crippen LogP contribution in [0.3, 0.4) is 0 Å². The maximum absolute atomic E-state index is 11.3. The van der Waals surface area contributed by atoms with Gasteiger partial charge in [0.2, 0.25) is 0 Å². The van der Waals surface area contributed by atoms with Crippen LogP contribution in [-0.2, 0) is 4.79 Å². The number of aliphatic carboxylic acids is 1. The van der Waals surface area contributed by atoms with Crippen LogP contribution in [0, 0.1) is 11.8 Å². The first kappa shape index (κ1) is 13.4. The zero-order valence-corrected chi connectivity index (χ0v) is 10.8. The molecule has 0 aliphatic heterocycles. The number of aromatic nitrogens is 2. The van der Waals surface area contributed by atoms with E-state index in [2.05, 4.69) is 9.97 Å². The number of carboxylic acids is 1. The van der Waals surface area contributed by atoms with Crippen molar-refractivity contribution in [3.8, 4) is 0 Å². The van der Waals surface area contributed by atoms with Crippen LogP contribution in [0.2, 0.25) is 0 Å². The number of H-pyrrole nitrogens is 2. The van der Waals surface area contributed by atoms with Gasteiger partial charge in [0.05, 0.1) is 17.0 Å². The molecule has 0 saturated heterocycles. The molecular formula is C13H17N3O3. The van der Waals surface area contributed by atoms with Crippen molar-refractivity contribution in [3.63, 3.8) is 0 Å². The van der Waals surface area contributed by atoms with Crippen molar-refractivity contribution in [2.45, 2.75) is 19.9 Å². The van der Waals surface area contributed by atoms with Crippen molar-refractivity contribution < 1.29 is 9.90 Å². The number of fused-ring (bicyclic) bond motifs is 1. The fourth-order valence-electron chi connectivity index (χ4n) is 2.32. The first-order chi connectivity index (χ1) is 8.90. The second-order valence-corrected chi connectivity index (χ2v) is 5.02. The molecule has 0 radical (unpaired) electrons.